The molecule has 0 bridgehead atoms. The summed E-state index contributed by atoms with van der Waals surface area (Å²) in [6.45, 7) is 6.08. The van der Waals surface area contributed by atoms with Crippen LogP contribution in [0.5, 0.6) is 0 Å². The molecular formula is C18H24N4O2. The lowest BCUT2D eigenvalue weighted by atomic mass is 9.97. The number of ether oxygens (including phenoxy) is 1. The highest BCUT2D eigenvalue weighted by atomic mass is 16.5. The Labute approximate surface area is 142 Å². The van der Waals surface area contributed by atoms with E-state index >= 15 is 0 Å². The highest BCUT2D eigenvalue weighted by Gasteiger charge is 2.27. The van der Waals surface area contributed by atoms with Crippen LogP contribution >= 0.6 is 0 Å². The van der Waals surface area contributed by atoms with Crippen molar-refractivity contribution in [3.05, 3.63) is 37.1 Å². The molecule has 1 atom stereocenters. The van der Waals surface area contributed by atoms with E-state index in [4.69, 9.17) is 9.72 Å². The van der Waals surface area contributed by atoms with Gasteiger partial charge in [-0.2, -0.15) is 0 Å². The van der Waals surface area contributed by atoms with Gasteiger partial charge in [0.05, 0.1) is 29.8 Å². The molecule has 1 fully saturated rings. The summed E-state index contributed by atoms with van der Waals surface area (Å²) in [6.07, 6.45) is 3.29. The zero-order chi connectivity index (χ0) is 16.9. The van der Waals surface area contributed by atoms with Crippen molar-refractivity contribution in [2.75, 3.05) is 31.1 Å². The van der Waals surface area contributed by atoms with E-state index in [1.165, 1.54) is 6.26 Å². The highest BCUT2D eigenvalue weighted by molar-refractivity contribution is 5.81. The lowest BCUT2D eigenvalue weighted by Gasteiger charge is -2.32. The van der Waals surface area contributed by atoms with Gasteiger partial charge in [0.25, 0.3) is 0 Å². The molecule has 2 aromatic rings. The van der Waals surface area contributed by atoms with E-state index < -0.39 is 0 Å². The Morgan fingerprint density at radius 2 is 2.33 bits per heavy atom. The predicted molar refractivity (Wildman–Crippen MR) is 94.8 cm³/mol. The predicted octanol–water partition coefficient (Wildman–Crippen LogP) is 2.07. The van der Waals surface area contributed by atoms with Gasteiger partial charge in [-0.15, -0.1) is 0 Å². The van der Waals surface area contributed by atoms with Crippen LogP contribution in [-0.2, 0) is 16.6 Å². The van der Waals surface area contributed by atoms with E-state index in [1.807, 2.05) is 25.2 Å². The Bertz CT molecular complexity index is 725. The molecule has 0 radical (unpaired) electrons. The lowest BCUT2D eigenvalue weighted by molar-refractivity contribution is -0.125. The first-order chi connectivity index (χ1) is 11.7. The van der Waals surface area contributed by atoms with Crippen LogP contribution < -0.4 is 10.2 Å². The molecule has 1 aliphatic rings. The Morgan fingerprint density at radius 3 is 3.12 bits per heavy atom. The Morgan fingerprint density at radius 1 is 1.50 bits per heavy atom. The summed E-state index contributed by atoms with van der Waals surface area (Å²) in [5.74, 6) is 1.01. The molecular weight excluding hydrogens is 304 g/mol. The van der Waals surface area contributed by atoms with Gasteiger partial charge in [0.2, 0.25) is 11.9 Å². The van der Waals surface area contributed by atoms with Crippen LogP contribution in [0.25, 0.3) is 11.0 Å². The lowest BCUT2D eigenvalue weighted by Crippen LogP contribution is -2.44. The van der Waals surface area contributed by atoms with Crippen LogP contribution in [0.4, 0.5) is 5.95 Å². The second-order valence-electron chi connectivity index (χ2n) is 6.07. The van der Waals surface area contributed by atoms with Crippen LogP contribution in [0, 0.1) is 5.92 Å². The molecule has 0 saturated carbocycles. The van der Waals surface area contributed by atoms with E-state index in [9.17, 15) is 4.79 Å². The first kappa shape index (κ1) is 16.4. The third kappa shape index (κ3) is 3.37. The molecule has 1 aromatic carbocycles. The number of amides is 1. The largest absolute Gasteiger partial charge is 0.500 e. The SMILES string of the molecule is C=COCCNC(=O)[C@H]1CCCN(c2nc3ccccc3n2C)C1. The van der Waals surface area contributed by atoms with Crippen LogP contribution in [0.3, 0.4) is 0 Å². The summed E-state index contributed by atoms with van der Waals surface area (Å²) in [7, 11) is 2.03. The standard InChI is InChI=1S/C18H24N4O2/c1-3-24-12-10-19-17(23)14-7-6-11-22(13-14)18-20-15-8-4-5-9-16(15)21(18)2/h3-5,8-9,14H,1,6-7,10-13H2,2H3,(H,19,23)/t14-/m0/s1. The minimum absolute atomic E-state index is 0.0118. The van der Waals surface area contributed by atoms with Crippen molar-refractivity contribution in [1.82, 2.24) is 14.9 Å². The summed E-state index contributed by atoms with van der Waals surface area (Å²) < 4.78 is 7.14. The number of nitrogens with zero attached hydrogens (tertiary/aromatic N) is 3. The van der Waals surface area contributed by atoms with Crippen molar-refractivity contribution in [1.29, 1.82) is 0 Å². The zero-order valence-corrected chi connectivity index (χ0v) is 14.1. The Balaban J connectivity index is 1.67. The van der Waals surface area contributed by atoms with Crippen LogP contribution in [0.2, 0.25) is 0 Å². The molecule has 2 heterocycles. The number of para-hydroxylation sites is 2. The smallest absolute Gasteiger partial charge is 0.225 e. The van der Waals surface area contributed by atoms with Crippen molar-refractivity contribution in [2.45, 2.75) is 12.8 Å². The summed E-state index contributed by atoms with van der Waals surface area (Å²) in [5, 5.41) is 2.93. The molecule has 1 N–H and O–H groups in total. The molecule has 1 saturated heterocycles. The van der Waals surface area contributed by atoms with Crippen molar-refractivity contribution >= 4 is 22.9 Å². The molecule has 6 heteroatoms. The third-order valence-electron chi connectivity index (χ3n) is 4.48. The number of carbonyl (C=O) groups is 1. The fraction of sp³-hybridized carbons (Fsp3) is 0.444. The normalized spacial score (nSPS) is 17.7. The van der Waals surface area contributed by atoms with E-state index in [-0.39, 0.29) is 11.8 Å². The number of hydrogen-bond donors (Lipinski definition) is 1. The number of aryl methyl sites for hydroxylation is 1. The van der Waals surface area contributed by atoms with Crippen LogP contribution in [0.15, 0.2) is 37.1 Å². The number of nitrogens with one attached hydrogen (secondary N) is 1. The Kier molecular flexibility index (Phi) is 5.03. The van der Waals surface area contributed by atoms with Gasteiger partial charge in [-0.05, 0) is 25.0 Å². The van der Waals surface area contributed by atoms with E-state index in [2.05, 4.69) is 27.4 Å². The molecule has 1 aromatic heterocycles. The molecule has 128 valence electrons. The van der Waals surface area contributed by atoms with Gasteiger partial charge in [-0.25, -0.2) is 4.98 Å². The number of rotatable bonds is 6. The van der Waals surface area contributed by atoms with Gasteiger partial charge < -0.3 is 19.5 Å². The van der Waals surface area contributed by atoms with Gasteiger partial charge in [0.1, 0.15) is 6.61 Å². The summed E-state index contributed by atoms with van der Waals surface area (Å²) >= 11 is 0. The van der Waals surface area contributed by atoms with E-state index in [0.29, 0.717) is 19.7 Å². The van der Waals surface area contributed by atoms with Crippen molar-refractivity contribution in [2.24, 2.45) is 13.0 Å². The molecule has 0 spiro atoms. The average Bonchev–Trinajstić information content (AvgIpc) is 2.96. The monoisotopic (exact) mass is 328 g/mol. The molecule has 0 unspecified atom stereocenters. The fourth-order valence-electron chi connectivity index (χ4n) is 3.25. The fourth-order valence-corrected chi connectivity index (χ4v) is 3.25. The maximum absolute atomic E-state index is 12.3. The van der Waals surface area contributed by atoms with E-state index in [1.54, 1.807) is 0 Å². The van der Waals surface area contributed by atoms with Crippen molar-refractivity contribution < 1.29 is 9.53 Å². The van der Waals surface area contributed by atoms with Gasteiger partial charge in [-0.1, -0.05) is 18.7 Å². The van der Waals surface area contributed by atoms with Gasteiger partial charge in [0, 0.05) is 20.1 Å². The third-order valence-corrected chi connectivity index (χ3v) is 4.48. The summed E-state index contributed by atoms with van der Waals surface area (Å²) in [6, 6.07) is 8.11. The first-order valence-corrected chi connectivity index (χ1v) is 8.37. The molecule has 3 rings (SSSR count). The van der Waals surface area contributed by atoms with E-state index in [0.717, 1.165) is 36.4 Å². The maximum Gasteiger partial charge on any atom is 0.225 e. The second-order valence-corrected chi connectivity index (χ2v) is 6.07. The maximum atomic E-state index is 12.3. The number of anilines is 1. The quantitative estimate of drug-likeness (QED) is 0.651. The second kappa shape index (κ2) is 7.38. The van der Waals surface area contributed by atoms with Gasteiger partial charge in [-0.3, -0.25) is 4.79 Å². The molecule has 24 heavy (non-hydrogen) atoms. The molecule has 6 nitrogen and oxygen atoms in total. The minimum atomic E-state index is -0.0118. The van der Waals surface area contributed by atoms with Crippen molar-refractivity contribution in [3.8, 4) is 0 Å². The van der Waals surface area contributed by atoms with Gasteiger partial charge >= 0.3 is 0 Å². The molecule has 0 aliphatic carbocycles. The van der Waals surface area contributed by atoms with Crippen molar-refractivity contribution in [3.63, 3.8) is 0 Å². The number of benzene rings is 1. The average molecular weight is 328 g/mol. The van der Waals surface area contributed by atoms with Crippen LogP contribution in [-0.4, -0.2) is 41.7 Å². The first-order valence-electron chi connectivity index (χ1n) is 8.37. The number of imidazole rings is 1. The minimum Gasteiger partial charge on any atom is -0.500 e. The summed E-state index contributed by atoms with van der Waals surface area (Å²) in [5.41, 5.74) is 2.10. The number of hydrogen-bond acceptors (Lipinski definition) is 4. The number of aromatic nitrogens is 2. The number of fused-ring (bicyclic) bond motifs is 1. The number of carbonyl (C=O) groups excluding carboxylic acids is 1. The Hall–Kier alpha value is -2.50. The van der Waals surface area contributed by atoms with Crippen LogP contribution in [0.1, 0.15) is 12.8 Å². The highest BCUT2D eigenvalue weighted by Crippen LogP contribution is 2.25. The molecule has 1 aliphatic heterocycles. The topological polar surface area (TPSA) is 59.4 Å². The number of piperidine rings is 1. The summed E-state index contributed by atoms with van der Waals surface area (Å²) in [4.78, 5) is 19.3. The van der Waals surface area contributed by atoms with Gasteiger partial charge in [0.15, 0.2) is 0 Å². The zero-order valence-electron chi connectivity index (χ0n) is 14.1. The molecule has 1 amide bonds.